The van der Waals surface area contributed by atoms with E-state index < -0.39 is 5.41 Å². The summed E-state index contributed by atoms with van der Waals surface area (Å²) in [6.45, 7) is 4.79. The first kappa shape index (κ1) is 39.1. The van der Waals surface area contributed by atoms with Crippen LogP contribution >= 0.6 is 0 Å². The van der Waals surface area contributed by atoms with E-state index >= 15 is 0 Å². The molecule has 13 rings (SSSR count). The number of anilines is 3. The minimum absolute atomic E-state index is 0.185. The molecule has 0 radical (unpaired) electrons. The predicted molar refractivity (Wildman–Crippen MR) is 282 cm³/mol. The number of benzene rings is 11. The highest BCUT2D eigenvalue weighted by molar-refractivity contribution is 6.06. The van der Waals surface area contributed by atoms with Crippen molar-refractivity contribution in [2.45, 2.75) is 24.7 Å². The summed E-state index contributed by atoms with van der Waals surface area (Å²) in [6, 6.07) is 92.5. The molecule has 0 fully saturated rings. The Labute approximate surface area is 392 Å². The lowest BCUT2D eigenvalue weighted by Gasteiger charge is -2.34. The molecule has 0 aromatic heterocycles. The molecule has 67 heavy (non-hydrogen) atoms. The van der Waals surface area contributed by atoms with E-state index in [0.717, 1.165) is 11.4 Å². The van der Waals surface area contributed by atoms with Crippen LogP contribution in [0.25, 0.3) is 66.1 Å². The highest BCUT2D eigenvalue weighted by Crippen LogP contribution is 2.59. The molecule has 1 nitrogen and oxygen atoms in total. The first-order chi connectivity index (χ1) is 33.0. The van der Waals surface area contributed by atoms with Crippen molar-refractivity contribution in [2.24, 2.45) is 0 Å². The van der Waals surface area contributed by atoms with Gasteiger partial charge in [0.15, 0.2) is 0 Å². The molecule has 0 unspecified atom stereocenters. The van der Waals surface area contributed by atoms with Crippen molar-refractivity contribution in [3.05, 3.63) is 282 Å². The van der Waals surface area contributed by atoms with Crippen molar-refractivity contribution >= 4 is 38.6 Å². The zero-order valence-electron chi connectivity index (χ0n) is 37.6. The summed E-state index contributed by atoms with van der Waals surface area (Å²) in [6.07, 6.45) is 0. The van der Waals surface area contributed by atoms with Crippen LogP contribution in [-0.2, 0) is 10.8 Å². The van der Waals surface area contributed by atoms with Crippen molar-refractivity contribution < 1.29 is 0 Å². The third-order valence-electron chi connectivity index (χ3n) is 14.9. The monoisotopic (exact) mass is 853 g/mol. The summed E-state index contributed by atoms with van der Waals surface area (Å²) in [7, 11) is 0. The minimum Gasteiger partial charge on any atom is -0.310 e. The molecule has 0 atom stereocenters. The fourth-order valence-electron chi connectivity index (χ4n) is 11.9. The van der Waals surface area contributed by atoms with Gasteiger partial charge in [-0.3, -0.25) is 0 Å². The van der Waals surface area contributed by atoms with Crippen LogP contribution < -0.4 is 4.90 Å². The third kappa shape index (κ3) is 5.88. The molecule has 1 heteroatoms. The Morgan fingerprint density at radius 2 is 0.836 bits per heavy atom. The minimum atomic E-state index is -0.458. The van der Waals surface area contributed by atoms with Gasteiger partial charge in [0.1, 0.15) is 0 Å². The van der Waals surface area contributed by atoms with E-state index in [1.165, 1.54) is 105 Å². The molecule has 0 amide bonds. The Balaban J connectivity index is 1.00. The summed E-state index contributed by atoms with van der Waals surface area (Å²) in [5.74, 6) is 0. The third-order valence-corrected chi connectivity index (χ3v) is 14.9. The number of hydrogen-bond donors (Lipinski definition) is 0. The fraction of sp³-hybridized carbons (Fsp3) is 0.0606. The zero-order chi connectivity index (χ0) is 44.7. The molecule has 0 aliphatic heterocycles. The Morgan fingerprint density at radius 3 is 1.52 bits per heavy atom. The summed E-state index contributed by atoms with van der Waals surface area (Å²) in [5, 5.41) is 5.05. The first-order valence-electron chi connectivity index (χ1n) is 23.5. The maximum absolute atomic E-state index is 2.50. The lowest BCUT2D eigenvalue weighted by atomic mass is 9.67. The van der Waals surface area contributed by atoms with E-state index in [9.17, 15) is 0 Å². The average Bonchev–Trinajstić information content (AvgIpc) is 3.83. The molecule has 2 aliphatic carbocycles. The van der Waals surface area contributed by atoms with Gasteiger partial charge < -0.3 is 4.90 Å². The molecule has 0 saturated carbocycles. The molecular weight excluding hydrogens is 807 g/mol. The molecule has 0 saturated heterocycles. The van der Waals surface area contributed by atoms with Crippen molar-refractivity contribution in [1.29, 1.82) is 0 Å². The van der Waals surface area contributed by atoms with Crippen LogP contribution in [0.1, 0.15) is 47.2 Å². The molecule has 2 aliphatic rings. The summed E-state index contributed by atoms with van der Waals surface area (Å²) >= 11 is 0. The number of hydrogen-bond acceptors (Lipinski definition) is 1. The van der Waals surface area contributed by atoms with Gasteiger partial charge in [0.25, 0.3) is 0 Å². The Kier molecular flexibility index (Phi) is 8.85. The van der Waals surface area contributed by atoms with E-state index in [2.05, 4.69) is 267 Å². The van der Waals surface area contributed by atoms with Crippen molar-refractivity contribution in [2.75, 3.05) is 4.90 Å². The molecule has 0 N–H and O–H groups in total. The van der Waals surface area contributed by atoms with E-state index in [-0.39, 0.29) is 5.41 Å². The average molecular weight is 854 g/mol. The molecule has 0 heterocycles. The largest absolute Gasteiger partial charge is 0.310 e. The van der Waals surface area contributed by atoms with Crippen LogP contribution in [0.2, 0.25) is 0 Å². The Bertz CT molecular complexity index is 3650. The van der Waals surface area contributed by atoms with E-state index in [0.29, 0.717) is 0 Å². The van der Waals surface area contributed by atoms with Crippen LogP contribution in [0.4, 0.5) is 17.1 Å². The second kappa shape index (κ2) is 15.2. The van der Waals surface area contributed by atoms with Crippen molar-refractivity contribution in [3.63, 3.8) is 0 Å². The quantitative estimate of drug-likeness (QED) is 0.154. The molecule has 11 aromatic carbocycles. The van der Waals surface area contributed by atoms with Gasteiger partial charge in [-0.2, -0.15) is 0 Å². The number of rotatable bonds is 7. The SMILES string of the molecule is CC1(C)c2ccccc2-c2c(N(c3ccc(-c4ccc5ccccc5c4)cc3)c3ccc(-c4cccc5c4-c4ccccc4C5(c4ccccc4)c4ccccc4)cc3)cc3ccccc3c21. The van der Waals surface area contributed by atoms with Gasteiger partial charge in [-0.25, -0.2) is 0 Å². The van der Waals surface area contributed by atoms with Crippen LogP contribution in [0.5, 0.6) is 0 Å². The maximum Gasteiger partial charge on any atom is 0.0713 e. The van der Waals surface area contributed by atoms with E-state index in [1.54, 1.807) is 0 Å². The molecule has 11 aromatic rings. The van der Waals surface area contributed by atoms with Crippen LogP contribution in [0, 0.1) is 0 Å². The van der Waals surface area contributed by atoms with E-state index in [4.69, 9.17) is 0 Å². The molecule has 0 spiro atoms. The lowest BCUT2D eigenvalue weighted by Crippen LogP contribution is -2.28. The van der Waals surface area contributed by atoms with Gasteiger partial charge in [0.2, 0.25) is 0 Å². The standard InChI is InChI=1S/C66H47N/c1-65(2)58-29-15-13-26-56(58)63-61(43-49-20-11-12-25-55(49)64(63)65)67(52-38-34-45(35-39-52)48-33-32-44-18-9-10-19-47(44)42-48)53-40-36-46(37-41-53)54-28-17-31-60-62(54)57-27-14-16-30-59(57)66(60,50-21-5-3-6-22-50)51-23-7-4-8-24-51/h3-43H,1-2H3. The highest BCUT2D eigenvalue weighted by Gasteiger charge is 2.47. The second-order valence-electron chi connectivity index (χ2n) is 18.8. The van der Waals surface area contributed by atoms with Crippen LogP contribution in [-0.4, -0.2) is 0 Å². The maximum atomic E-state index is 2.50. The van der Waals surface area contributed by atoms with Crippen LogP contribution in [0.15, 0.2) is 249 Å². The predicted octanol–water partition coefficient (Wildman–Crippen LogP) is 17.5. The summed E-state index contributed by atoms with van der Waals surface area (Å²) < 4.78 is 0. The smallest absolute Gasteiger partial charge is 0.0713 e. The topological polar surface area (TPSA) is 3.24 Å². The molecular formula is C66H47N. The van der Waals surface area contributed by atoms with Gasteiger partial charge in [-0.1, -0.05) is 226 Å². The molecule has 0 bridgehead atoms. The van der Waals surface area contributed by atoms with Gasteiger partial charge in [-0.15, -0.1) is 0 Å². The molecule has 316 valence electrons. The lowest BCUT2D eigenvalue weighted by molar-refractivity contribution is 0.666. The van der Waals surface area contributed by atoms with Crippen molar-refractivity contribution in [1.82, 2.24) is 0 Å². The normalized spacial score (nSPS) is 13.8. The highest BCUT2D eigenvalue weighted by atomic mass is 15.1. The van der Waals surface area contributed by atoms with Crippen molar-refractivity contribution in [3.8, 4) is 44.5 Å². The van der Waals surface area contributed by atoms with Gasteiger partial charge in [-0.05, 0) is 130 Å². The van der Waals surface area contributed by atoms with Crippen LogP contribution in [0.3, 0.4) is 0 Å². The van der Waals surface area contributed by atoms with Gasteiger partial charge >= 0.3 is 0 Å². The Hall–Kier alpha value is -8.26. The van der Waals surface area contributed by atoms with Gasteiger partial charge in [0, 0.05) is 22.4 Å². The zero-order valence-corrected chi connectivity index (χ0v) is 37.6. The second-order valence-corrected chi connectivity index (χ2v) is 18.8. The number of nitrogens with zero attached hydrogens (tertiary/aromatic N) is 1. The van der Waals surface area contributed by atoms with E-state index in [1.807, 2.05) is 0 Å². The fourth-order valence-corrected chi connectivity index (χ4v) is 11.9. The Morgan fingerprint density at radius 1 is 0.328 bits per heavy atom. The summed E-state index contributed by atoms with van der Waals surface area (Å²) in [5.41, 5.74) is 20.7. The number of fused-ring (bicyclic) bond motifs is 9. The summed E-state index contributed by atoms with van der Waals surface area (Å²) in [4.78, 5) is 2.50. The first-order valence-corrected chi connectivity index (χ1v) is 23.5. The van der Waals surface area contributed by atoms with Gasteiger partial charge in [0.05, 0.1) is 11.1 Å².